The molecule has 2 rings (SSSR count). The Bertz CT molecular complexity index is 902. The van der Waals surface area contributed by atoms with E-state index in [1.54, 1.807) is 17.8 Å². The van der Waals surface area contributed by atoms with Crippen molar-refractivity contribution in [2.45, 2.75) is 11.5 Å². The Balaban J connectivity index is 2.20. The predicted molar refractivity (Wildman–Crippen MR) is 92.7 cm³/mol. The first-order valence-corrected chi connectivity index (χ1v) is 8.85. The van der Waals surface area contributed by atoms with Crippen molar-refractivity contribution in [3.05, 3.63) is 36.4 Å². The van der Waals surface area contributed by atoms with Crippen LogP contribution in [0.5, 0.6) is 11.6 Å². The van der Waals surface area contributed by atoms with Crippen molar-refractivity contribution < 1.29 is 31.5 Å². The molecule has 0 aliphatic heterocycles. The van der Waals surface area contributed by atoms with Gasteiger partial charge in [-0.1, -0.05) is 12.1 Å². The molecule has 0 radical (unpaired) electrons. The number of urea groups is 1. The summed E-state index contributed by atoms with van der Waals surface area (Å²) >= 11 is 0. The highest BCUT2D eigenvalue weighted by Gasteiger charge is 2.23. The molecule has 0 aliphatic rings. The van der Waals surface area contributed by atoms with Gasteiger partial charge >= 0.3 is 12.6 Å². The number of carbonyl (C=O) groups excluding carboxylic acids is 1. The third-order valence-electron chi connectivity index (χ3n) is 3.12. The maximum atomic E-state index is 12.4. The van der Waals surface area contributed by atoms with Gasteiger partial charge in [-0.3, -0.25) is 5.32 Å². The molecule has 1 heterocycles. The van der Waals surface area contributed by atoms with Crippen molar-refractivity contribution in [2.24, 2.45) is 0 Å². The summed E-state index contributed by atoms with van der Waals surface area (Å²) in [4.78, 5) is 15.4. The van der Waals surface area contributed by atoms with E-state index >= 15 is 0 Å². The number of methoxy groups -OCH3 is 1. The van der Waals surface area contributed by atoms with Crippen LogP contribution in [0.3, 0.4) is 0 Å². The highest BCUT2D eigenvalue weighted by Crippen LogP contribution is 2.25. The maximum absolute atomic E-state index is 12.4. The molecule has 0 saturated heterocycles. The average molecular weight is 402 g/mol. The molecule has 27 heavy (non-hydrogen) atoms. The summed E-state index contributed by atoms with van der Waals surface area (Å²) in [6.07, 6.45) is 0. The molecule has 146 valence electrons. The minimum absolute atomic E-state index is 0.00326. The van der Waals surface area contributed by atoms with Crippen LogP contribution >= 0.6 is 0 Å². The molecular weight excluding hydrogens is 386 g/mol. The summed E-state index contributed by atoms with van der Waals surface area (Å²) in [6, 6.07) is 6.52. The summed E-state index contributed by atoms with van der Waals surface area (Å²) < 4.78 is 60.4. The zero-order chi connectivity index (χ0) is 20.0. The van der Waals surface area contributed by atoms with E-state index in [2.05, 4.69) is 20.4 Å². The summed E-state index contributed by atoms with van der Waals surface area (Å²) in [5.74, 6) is -0.413. The van der Waals surface area contributed by atoms with E-state index in [0.717, 1.165) is 12.1 Å². The van der Waals surface area contributed by atoms with Crippen LogP contribution in [-0.4, -0.2) is 40.2 Å². The molecule has 0 aliphatic carbocycles. The number of ether oxygens (including phenoxy) is 2. The van der Waals surface area contributed by atoms with Gasteiger partial charge in [0.2, 0.25) is 5.88 Å². The topological polar surface area (TPSA) is 119 Å². The number of para-hydroxylation sites is 1. The smallest absolute Gasteiger partial charge is 0.387 e. The number of benzene rings is 1. The van der Waals surface area contributed by atoms with Gasteiger partial charge in [-0.15, -0.1) is 0 Å². The number of anilines is 2. The summed E-state index contributed by atoms with van der Waals surface area (Å²) in [5.41, 5.74) is 0.552. The van der Waals surface area contributed by atoms with Crippen molar-refractivity contribution in [1.82, 2.24) is 9.71 Å². The highest BCUT2D eigenvalue weighted by molar-refractivity contribution is 7.90. The Hall–Kier alpha value is -3.15. The summed E-state index contributed by atoms with van der Waals surface area (Å²) in [7, 11) is -1.48. The minimum Gasteiger partial charge on any atom is -0.481 e. The Morgan fingerprint density at radius 2 is 1.93 bits per heavy atom. The van der Waals surface area contributed by atoms with Crippen molar-refractivity contribution in [3.8, 4) is 11.6 Å². The third kappa shape index (κ3) is 5.41. The van der Waals surface area contributed by atoms with E-state index in [-0.39, 0.29) is 11.7 Å². The van der Waals surface area contributed by atoms with Crippen LogP contribution in [0, 0.1) is 0 Å². The number of halogens is 2. The highest BCUT2D eigenvalue weighted by atomic mass is 32.2. The molecule has 0 bridgehead atoms. The summed E-state index contributed by atoms with van der Waals surface area (Å²) in [5, 5.41) is 5.05. The van der Waals surface area contributed by atoms with Crippen LogP contribution in [0.15, 0.2) is 41.3 Å². The lowest BCUT2D eigenvalue weighted by molar-refractivity contribution is -0.0517. The van der Waals surface area contributed by atoms with E-state index in [9.17, 15) is 22.0 Å². The van der Waals surface area contributed by atoms with Gasteiger partial charge in [-0.05, 0) is 12.1 Å². The molecule has 0 unspecified atom stereocenters. The second-order valence-electron chi connectivity index (χ2n) is 4.92. The normalized spacial score (nSPS) is 11.0. The monoisotopic (exact) mass is 402 g/mol. The van der Waals surface area contributed by atoms with E-state index < -0.39 is 33.3 Å². The first-order valence-electron chi connectivity index (χ1n) is 7.36. The molecule has 1 aromatic heterocycles. The van der Waals surface area contributed by atoms with Crippen LogP contribution < -0.4 is 24.8 Å². The molecule has 3 N–H and O–H groups in total. The van der Waals surface area contributed by atoms with Crippen molar-refractivity contribution >= 4 is 27.6 Å². The Labute approximate surface area is 153 Å². The van der Waals surface area contributed by atoms with Crippen LogP contribution in [0.4, 0.5) is 25.1 Å². The number of sulfonamides is 1. The molecule has 0 atom stereocenters. The predicted octanol–water partition coefficient (Wildman–Crippen LogP) is 2.24. The standard InChI is InChI=1S/C15H16F2N4O5S/c1-18-9-7-12(19-13(8-9)25-2)20-15(22)21-27(23,24)11-6-4-3-5-10(11)26-14(16)17/h3-8,14H,1-2H3,(H3,18,19,20,21,22). The van der Waals surface area contributed by atoms with Gasteiger partial charge < -0.3 is 14.8 Å². The lowest BCUT2D eigenvalue weighted by Crippen LogP contribution is -2.35. The fourth-order valence-corrected chi connectivity index (χ4v) is 3.05. The average Bonchev–Trinajstić information content (AvgIpc) is 2.60. The fraction of sp³-hybridized carbons (Fsp3) is 0.200. The molecule has 0 saturated carbocycles. The molecule has 9 nitrogen and oxygen atoms in total. The number of nitrogens with one attached hydrogen (secondary N) is 3. The minimum atomic E-state index is -4.48. The Morgan fingerprint density at radius 3 is 2.56 bits per heavy atom. The van der Waals surface area contributed by atoms with Gasteiger partial charge in [0.25, 0.3) is 10.0 Å². The van der Waals surface area contributed by atoms with Crippen molar-refractivity contribution in [1.29, 1.82) is 0 Å². The van der Waals surface area contributed by atoms with Crippen molar-refractivity contribution in [2.75, 3.05) is 24.8 Å². The number of nitrogens with zero attached hydrogens (tertiary/aromatic N) is 1. The first kappa shape index (κ1) is 20.2. The number of hydrogen-bond donors (Lipinski definition) is 3. The largest absolute Gasteiger partial charge is 0.481 e. The SMILES string of the molecule is CNc1cc(NC(=O)NS(=O)(=O)c2ccccc2OC(F)F)nc(OC)c1. The second-order valence-corrected chi connectivity index (χ2v) is 6.57. The lowest BCUT2D eigenvalue weighted by atomic mass is 10.3. The number of carbonyl (C=O) groups is 1. The van der Waals surface area contributed by atoms with Gasteiger partial charge in [-0.25, -0.2) is 17.9 Å². The molecule has 2 aromatic rings. The van der Waals surface area contributed by atoms with Crippen LogP contribution in [0.1, 0.15) is 0 Å². The zero-order valence-corrected chi connectivity index (χ0v) is 15.0. The van der Waals surface area contributed by atoms with E-state index in [1.165, 1.54) is 25.3 Å². The van der Waals surface area contributed by atoms with Gasteiger partial charge in [0, 0.05) is 24.9 Å². The van der Waals surface area contributed by atoms with E-state index in [0.29, 0.717) is 5.69 Å². The molecule has 2 amide bonds. The van der Waals surface area contributed by atoms with Gasteiger partial charge in [-0.2, -0.15) is 13.8 Å². The molecule has 0 fully saturated rings. The molecule has 12 heteroatoms. The number of amides is 2. The Morgan fingerprint density at radius 1 is 1.22 bits per heavy atom. The Kier molecular flexibility index (Phi) is 6.34. The third-order valence-corrected chi connectivity index (χ3v) is 4.49. The summed E-state index contributed by atoms with van der Waals surface area (Å²) in [6.45, 7) is -3.23. The quantitative estimate of drug-likeness (QED) is 0.650. The number of alkyl halides is 2. The van der Waals surface area contributed by atoms with E-state index in [1.807, 2.05) is 0 Å². The zero-order valence-electron chi connectivity index (χ0n) is 14.2. The van der Waals surface area contributed by atoms with Crippen LogP contribution in [0.2, 0.25) is 0 Å². The molecule has 1 aromatic carbocycles. The number of aromatic nitrogens is 1. The maximum Gasteiger partial charge on any atom is 0.387 e. The van der Waals surface area contributed by atoms with Crippen molar-refractivity contribution in [3.63, 3.8) is 0 Å². The molecule has 0 spiro atoms. The van der Waals surface area contributed by atoms with Gasteiger partial charge in [0.1, 0.15) is 16.5 Å². The van der Waals surface area contributed by atoms with Gasteiger partial charge in [0.15, 0.2) is 0 Å². The first-order chi connectivity index (χ1) is 12.7. The fourth-order valence-electron chi connectivity index (χ4n) is 2.00. The second kappa shape index (κ2) is 8.49. The number of pyridine rings is 1. The van der Waals surface area contributed by atoms with Crippen LogP contribution in [0.25, 0.3) is 0 Å². The lowest BCUT2D eigenvalue weighted by Gasteiger charge is -2.13. The van der Waals surface area contributed by atoms with Crippen LogP contribution in [-0.2, 0) is 10.0 Å². The molecular formula is C15H16F2N4O5S. The van der Waals surface area contributed by atoms with Gasteiger partial charge in [0.05, 0.1) is 7.11 Å². The number of rotatable bonds is 7. The van der Waals surface area contributed by atoms with E-state index in [4.69, 9.17) is 4.74 Å². The number of hydrogen-bond acceptors (Lipinski definition) is 7.